The van der Waals surface area contributed by atoms with Crippen LogP contribution in [-0.2, 0) is 4.74 Å². The molecule has 2 unspecified atom stereocenters. The maximum Gasteiger partial charge on any atom is 0.0549 e. The highest BCUT2D eigenvalue weighted by Crippen LogP contribution is 2.23. The fourth-order valence-corrected chi connectivity index (χ4v) is 2.90. The molecule has 0 aliphatic carbocycles. The molecular weight excluding hydrogens is 186 g/mol. The second-order valence-electron chi connectivity index (χ2n) is 5.26. The predicted molar refractivity (Wildman–Crippen MR) is 63.0 cm³/mol. The Morgan fingerprint density at radius 1 is 1.20 bits per heavy atom. The van der Waals surface area contributed by atoms with Crippen molar-refractivity contribution in [1.82, 2.24) is 4.90 Å². The van der Waals surface area contributed by atoms with Crippen LogP contribution in [0.25, 0.3) is 0 Å². The van der Waals surface area contributed by atoms with Crippen LogP contribution < -0.4 is 0 Å². The highest BCUT2D eigenvalue weighted by atomic mass is 16.5. The van der Waals surface area contributed by atoms with Crippen molar-refractivity contribution >= 4 is 0 Å². The molecule has 2 aliphatic rings. The first-order chi connectivity index (χ1) is 7.34. The summed E-state index contributed by atoms with van der Waals surface area (Å²) in [5.41, 5.74) is 0. The molecule has 2 atom stereocenters. The molecule has 2 fully saturated rings. The van der Waals surface area contributed by atoms with E-state index in [1.807, 2.05) is 0 Å². The van der Waals surface area contributed by atoms with E-state index in [1.165, 1.54) is 58.2 Å². The maximum atomic E-state index is 5.59. The lowest BCUT2D eigenvalue weighted by molar-refractivity contribution is -0.00148. The summed E-state index contributed by atoms with van der Waals surface area (Å²) in [5.74, 6) is 0.927. The fraction of sp³-hybridized carbons (Fsp3) is 1.00. The molecule has 2 rings (SSSR count). The Hall–Kier alpha value is -0.0800. The SMILES string of the molecule is CC1CC(CCN2CCCCC2)CCO1. The highest BCUT2D eigenvalue weighted by molar-refractivity contribution is 4.72. The van der Waals surface area contributed by atoms with Crippen molar-refractivity contribution in [3.05, 3.63) is 0 Å². The molecule has 0 aromatic heterocycles. The van der Waals surface area contributed by atoms with Gasteiger partial charge in [-0.05, 0) is 64.6 Å². The minimum absolute atomic E-state index is 0.505. The number of hydrogen-bond acceptors (Lipinski definition) is 2. The molecule has 88 valence electrons. The van der Waals surface area contributed by atoms with Gasteiger partial charge in [0.1, 0.15) is 0 Å². The van der Waals surface area contributed by atoms with Crippen LogP contribution in [0.15, 0.2) is 0 Å². The van der Waals surface area contributed by atoms with E-state index in [0.717, 1.165) is 12.5 Å². The predicted octanol–water partition coefficient (Wildman–Crippen LogP) is 2.68. The summed E-state index contributed by atoms with van der Waals surface area (Å²) in [4.78, 5) is 2.66. The van der Waals surface area contributed by atoms with E-state index in [-0.39, 0.29) is 0 Å². The highest BCUT2D eigenvalue weighted by Gasteiger charge is 2.20. The fourth-order valence-electron chi connectivity index (χ4n) is 2.90. The zero-order valence-electron chi connectivity index (χ0n) is 10.1. The molecule has 2 heteroatoms. The number of piperidine rings is 1. The summed E-state index contributed by atoms with van der Waals surface area (Å²) < 4.78 is 5.59. The van der Waals surface area contributed by atoms with Crippen LogP contribution in [0, 0.1) is 5.92 Å². The molecule has 0 N–H and O–H groups in total. The van der Waals surface area contributed by atoms with Crippen molar-refractivity contribution in [2.45, 2.75) is 51.6 Å². The van der Waals surface area contributed by atoms with Crippen LogP contribution in [0.4, 0.5) is 0 Å². The second-order valence-corrected chi connectivity index (χ2v) is 5.26. The normalized spacial score (nSPS) is 34.2. The van der Waals surface area contributed by atoms with Crippen molar-refractivity contribution < 1.29 is 4.74 Å². The van der Waals surface area contributed by atoms with Crippen LogP contribution in [0.5, 0.6) is 0 Å². The smallest absolute Gasteiger partial charge is 0.0549 e. The van der Waals surface area contributed by atoms with E-state index in [1.54, 1.807) is 0 Å². The second kappa shape index (κ2) is 5.86. The summed E-state index contributed by atoms with van der Waals surface area (Å²) in [7, 11) is 0. The van der Waals surface area contributed by atoms with Crippen LogP contribution in [-0.4, -0.2) is 37.2 Å². The molecule has 0 spiro atoms. The van der Waals surface area contributed by atoms with Crippen molar-refractivity contribution in [3.63, 3.8) is 0 Å². The zero-order chi connectivity index (χ0) is 10.5. The van der Waals surface area contributed by atoms with E-state index in [2.05, 4.69) is 11.8 Å². The van der Waals surface area contributed by atoms with E-state index in [4.69, 9.17) is 4.74 Å². The molecule has 0 saturated carbocycles. The Morgan fingerprint density at radius 2 is 2.00 bits per heavy atom. The topological polar surface area (TPSA) is 12.5 Å². The first kappa shape index (κ1) is 11.4. The first-order valence-electron chi connectivity index (χ1n) is 6.68. The number of hydrogen-bond donors (Lipinski definition) is 0. The van der Waals surface area contributed by atoms with Gasteiger partial charge < -0.3 is 9.64 Å². The number of rotatable bonds is 3. The molecule has 0 aromatic rings. The summed E-state index contributed by atoms with van der Waals surface area (Å²) in [6.45, 7) is 7.23. The van der Waals surface area contributed by atoms with Crippen LogP contribution >= 0.6 is 0 Å². The van der Waals surface area contributed by atoms with E-state index in [9.17, 15) is 0 Å². The molecule has 2 aliphatic heterocycles. The summed E-state index contributed by atoms with van der Waals surface area (Å²) in [6.07, 6.45) is 8.77. The number of ether oxygens (including phenoxy) is 1. The van der Waals surface area contributed by atoms with Gasteiger partial charge in [0.25, 0.3) is 0 Å². The maximum absolute atomic E-state index is 5.59. The van der Waals surface area contributed by atoms with Crippen molar-refractivity contribution in [2.24, 2.45) is 5.92 Å². The Morgan fingerprint density at radius 3 is 2.73 bits per heavy atom. The Labute approximate surface area is 94.0 Å². The van der Waals surface area contributed by atoms with Gasteiger partial charge in [0.05, 0.1) is 6.10 Å². The van der Waals surface area contributed by atoms with Gasteiger partial charge in [0.2, 0.25) is 0 Å². The van der Waals surface area contributed by atoms with Crippen LogP contribution in [0.3, 0.4) is 0 Å². The number of likely N-dealkylation sites (tertiary alicyclic amines) is 1. The van der Waals surface area contributed by atoms with Crippen LogP contribution in [0.1, 0.15) is 45.4 Å². The first-order valence-corrected chi connectivity index (χ1v) is 6.68. The zero-order valence-corrected chi connectivity index (χ0v) is 10.1. The summed E-state index contributed by atoms with van der Waals surface area (Å²) in [6, 6.07) is 0. The van der Waals surface area contributed by atoms with Gasteiger partial charge in [0.15, 0.2) is 0 Å². The lowest BCUT2D eigenvalue weighted by Crippen LogP contribution is -2.33. The van der Waals surface area contributed by atoms with Gasteiger partial charge in [-0.15, -0.1) is 0 Å². The third-order valence-corrected chi connectivity index (χ3v) is 3.90. The third kappa shape index (κ3) is 3.76. The minimum Gasteiger partial charge on any atom is -0.378 e. The largest absolute Gasteiger partial charge is 0.378 e. The average molecular weight is 211 g/mol. The molecule has 2 nitrogen and oxygen atoms in total. The molecule has 0 bridgehead atoms. The van der Waals surface area contributed by atoms with Gasteiger partial charge >= 0.3 is 0 Å². The van der Waals surface area contributed by atoms with Gasteiger partial charge in [-0.25, -0.2) is 0 Å². The van der Waals surface area contributed by atoms with Crippen LogP contribution in [0.2, 0.25) is 0 Å². The third-order valence-electron chi connectivity index (χ3n) is 3.90. The molecule has 0 amide bonds. The van der Waals surface area contributed by atoms with Crippen molar-refractivity contribution in [2.75, 3.05) is 26.2 Å². The molecular formula is C13H25NO. The summed E-state index contributed by atoms with van der Waals surface area (Å²) in [5, 5.41) is 0. The Balaban J connectivity index is 1.63. The average Bonchev–Trinajstić information content (AvgIpc) is 2.28. The minimum atomic E-state index is 0.505. The van der Waals surface area contributed by atoms with Gasteiger partial charge in [0, 0.05) is 6.61 Å². The monoisotopic (exact) mass is 211 g/mol. The number of nitrogens with zero attached hydrogens (tertiary/aromatic N) is 1. The van der Waals surface area contributed by atoms with Crippen molar-refractivity contribution in [1.29, 1.82) is 0 Å². The molecule has 2 saturated heterocycles. The van der Waals surface area contributed by atoms with Gasteiger partial charge in [-0.2, -0.15) is 0 Å². The molecule has 0 aromatic carbocycles. The lowest BCUT2D eigenvalue weighted by Gasteiger charge is -2.31. The van der Waals surface area contributed by atoms with Crippen molar-refractivity contribution in [3.8, 4) is 0 Å². The van der Waals surface area contributed by atoms with Gasteiger partial charge in [-0.3, -0.25) is 0 Å². The molecule has 0 radical (unpaired) electrons. The Kier molecular flexibility index (Phi) is 4.45. The Bertz CT molecular complexity index is 177. The van der Waals surface area contributed by atoms with E-state index >= 15 is 0 Å². The quantitative estimate of drug-likeness (QED) is 0.711. The van der Waals surface area contributed by atoms with E-state index < -0.39 is 0 Å². The molecule has 2 heterocycles. The summed E-state index contributed by atoms with van der Waals surface area (Å²) >= 11 is 0. The molecule has 15 heavy (non-hydrogen) atoms. The van der Waals surface area contributed by atoms with Gasteiger partial charge in [-0.1, -0.05) is 6.42 Å². The van der Waals surface area contributed by atoms with E-state index in [0.29, 0.717) is 6.10 Å². The lowest BCUT2D eigenvalue weighted by atomic mass is 9.92. The standard InChI is InChI=1S/C13H25NO/c1-12-11-13(6-10-15-12)5-9-14-7-3-2-4-8-14/h12-13H,2-11H2,1H3.